The lowest BCUT2D eigenvalue weighted by Crippen LogP contribution is -2.49. The Bertz CT molecular complexity index is 2720. The number of imide groups is 1. The second-order valence-corrected chi connectivity index (χ2v) is 17.9. The maximum Gasteiger partial charge on any atom is 0.328 e. The number of benzene rings is 4. The van der Waals surface area contributed by atoms with Crippen molar-refractivity contribution in [1.82, 2.24) is 25.2 Å². The van der Waals surface area contributed by atoms with Crippen LogP contribution in [0.2, 0.25) is 0 Å². The van der Waals surface area contributed by atoms with Crippen molar-refractivity contribution in [3.63, 3.8) is 0 Å². The number of hydrogen-bond donors (Lipinski definition) is 4. The normalized spacial score (nSPS) is 17.0. The lowest BCUT2D eigenvalue weighted by Gasteiger charge is -2.38. The number of hydrogen-bond acceptors (Lipinski definition) is 8. The number of urea groups is 1. The van der Waals surface area contributed by atoms with Gasteiger partial charge in [0.25, 0.3) is 5.91 Å². The van der Waals surface area contributed by atoms with E-state index in [1.165, 1.54) is 50.0 Å². The van der Waals surface area contributed by atoms with Crippen LogP contribution in [0.25, 0.3) is 33.5 Å². The number of piperidine rings is 2. The third-order valence-electron chi connectivity index (χ3n) is 13.2. The number of carbonyl (C=O) groups excluding carboxylic acids is 3. The first kappa shape index (κ1) is 42.8. The molecule has 12 nitrogen and oxygen atoms in total. The van der Waals surface area contributed by atoms with E-state index in [-0.39, 0.29) is 23.2 Å². The van der Waals surface area contributed by atoms with Gasteiger partial charge in [0.2, 0.25) is 5.91 Å². The average molecular weight is 867 g/mol. The van der Waals surface area contributed by atoms with Crippen molar-refractivity contribution in [1.29, 1.82) is 0 Å². The fourth-order valence-corrected chi connectivity index (χ4v) is 9.41. The Labute approximate surface area is 370 Å². The number of amides is 4. The Kier molecular flexibility index (Phi) is 11.7. The Morgan fingerprint density at radius 3 is 2.27 bits per heavy atom. The van der Waals surface area contributed by atoms with Gasteiger partial charge in [-0.05, 0) is 148 Å². The molecular weight excluding hydrogens is 815 g/mol. The fraction of sp³-hybridized carbons (Fsp3) is 0.340. The summed E-state index contributed by atoms with van der Waals surface area (Å²) in [5.41, 5.74) is 6.22. The number of aromatic amines is 1. The summed E-state index contributed by atoms with van der Waals surface area (Å²) in [7, 11) is 0. The molecule has 5 heterocycles. The van der Waals surface area contributed by atoms with Crippen molar-refractivity contribution in [2.75, 3.05) is 54.4 Å². The summed E-state index contributed by atoms with van der Waals surface area (Å²) in [6.45, 7) is 10.5. The van der Waals surface area contributed by atoms with Crippen LogP contribution in [-0.4, -0.2) is 82.1 Å². The van der Waals surface area contributed by atoms with Crippen LogP contribution in [0.5, 0.6) is 0 Å². The first-order valence-electron chi connectivity index (χ1n) is 22.0. The molecule has 64 heavy (non-hydrogen) atoms. The third-order valence-corrected chi connectivity index (χ3v) is 13.2. The molecule has 0 saturated carbocycles. The molecule has 3 saturated heterocycles. The van der Waals surface area contributed by atoms with Gasteiger partial charge in [0.15, 0.2) is 0 Å². The van der Waals surface area contributed by atoms with Crippen LogP contribution in [-0.2, 0) is 10.4 Å². The minimum absolute atomic E-state index is 0.184. The van der Waals surface area contributed by atoms with Crippen molar-refractivity contribution in [2.24, 2.45) is 5.92 Å². The second-order valence-electron chi connectivity index (χ2n) is 17.9. The van der Waals surface area contributed by atoms with Gasteiger partial charge in [0, 0.05) is 66.3 Å². The van der Waals surface area contributed by atoms with Gasteiger partial charge >= 0.3 is 6.03 Å². The summed E-state index contributed by atoms with van der Waals surface area (Å²) in [4.78, 5) is 56.1. The van der Waals surface area contributed by atoms with Crippen molar-refractivity contribution < 1.29 is 28.3 Å². The zero-order valence-electron chi connectivity index (χ0n) is 36.3. The number of likely N-dealkylation sites (tertiary alicyclic amines) is 1. The number of carbonyl (C=O) groups is 3. The van der Waals surface area contributed by atoms with E-state index in [0.29, 0.717) is 58.2 Å². The van der Waals surface area contributed by atoms with E-state index in [4.69, 9.17) is 0 Å². The standard InChI is InChI=1S/C50H52F2N8O4/c1-30-40(25-36(51)26-43(30)56-48(62)39-13-8-35(24-42(39)52)50(2,3)64)46-41-27-44(55-47(41)54-29-53-46)34-6-4-32(5-7-34)33-16-19-58(20-17-33)28-31-14-21-59(22-15-31)37-9-11-38(12-10-37)60-23-18-45(61)57-49(60)63/h4-13,24-27,29,31,33,64H,14-23,28H2,1-3H3,(H,56,62)(H,53,54,55)(H,57,61,63). The molecule has 3 aliphatic heterocycles. The highest BCUT2D eigenvalue weighted by Crippen LogP contribution is 2.37. The number of nitrogens with one attached hydrogen (secondary N) is 3. The molecule has 0 spiro atoms. The number of anilines is 3. The van der Waals surface area contributed by atoms with Crippen molar-refractivity contribution in [2.45, 2.75) is 64.4 Å². The van der Waals surface area contributed by atoms with Crippen molar-refractivity contribution in [3.8, 4) is 22.5 Å². The number of fused-ring (bicyclic) bond motifs is 1. The first-order valence-corrected chi connectivity index (χ1v) is 22.0. The van der Waals surface area contributed by atoms with Crippen molar-refractivity contribution in [3.05, 3.63) is 125 Å². The van der Waals surface area contributed by atoms with Gasteiger partial charge in [-0.3, -0.25) is 19.8 Å². The zero-order valence-corrected chi connectivity index (χ0v) is 36.3. The fourth-order valence-electron chi connectivity index (χ4n) is 9.41. The maximum absolute atomic E-state index is 15.2. The lowest BCUT2D eigenvalue weighted by molar-refractivity contribution is -0.120. The van der Waals surface area contributed by atoms with Crippen LogP contribution in [0.4, 0.5) is 30.6 Å². The van der Waals surface area contributed by atoms with Crippen LogP contribution in [0, 0.1) is 24.5 Å². The van der Waals surface area contributed by atoms with E-state index in [2.05, 4.69) is 71.8 Å². The van der Waals surface area contributed by atoms with Gasteiger partial charge in [-0.1, -0.05) is 30.3 Å². The average Bonchev–Trinajstić information content (AvgIpc) is 3.73. The predicted octanol–water partition coefficient (Wildman–Crippen LogP) is 8.90. The molecule has 0 atom stereocenters. The first-order chi connectivity index (χ1) is 30.8. The van der Waals surface area contributed by atoms with E-state index in [1.54, 1.807) is 11.8 Å². The molecule has 3 fully saturated rings. The summed E-state index contributed by atoms with van der Waals surface area (Å²) in [6, 6.07) is 24.9. The number of halogens is 2. The van der Waals surface area contributed by atoms with Gasteiger partial charge in [-0.15, -0.1) is 0 Å². The molecule has 4 N–H and O–H groups in total. The number of aromatic nitrogens is 3. The summed E-state index contributed by atoms with van der Waals surface area (Å²) in [5.74, 6) is -1.21. The maximum atomic E-state index is 15.2. The van der Waals surface area contributed by atoms with Crippen LogP contribution < -0.4 is 20.4 Å². The Balaban J connectivity index is 0.800. The SMILES string of the molecule is Cc1c(NC(=O)c2ccc(C(C)(C)O)cc2F)cc(F)cc1-c1ncnc2[nH]c(-c3ccc(C4CCN(CC5CCN(c6ccc(N7CCC(=O)NC7=O)cc6)CC5)CC4)cc3)cc12. The zero-order chi connectivity index (χ0) is 44.7. The van der Waals surface area contributed by atoms with Crippen LogP contribution in [0.15, 0.2) is 91.3 Å². The molecule has 4 amide bonds. The molecule has 4 aromatic carbocycles. The lowest BCUT2D eigenvalue weighted by atomic mass is 9.87. The van der Waals surface area contributed by atoms with Gasteiger partial charge in [0.05, 0.1) is 16.9 Å². The van der Waals surface area contributed by atoms with Gasteiger partial charge < -0.3 is 25.2 Å². The van der Waals surface area contributed by atoms with E-state index in [0.717, 1.165) is 87.1 Å². The number of aliphatic hydroxyl groups is 1. The highest BCUT2D eigenvalue weighted by Gasteiger charge is 2.28. The third kappa shape index (κ3) is 8.97. The van der Waals surface area contributed by atoms with E-state index >= 15 is 4.39 Å². The molecule has 14 heteroatoms. The largest absolute Gasteiger partial charge is 0.386 e. The molecule has 0 bridgehead atoms. The summed E-state index contributed by atoms with van der Waals surface area (Å²) in [6.07, 6.45) is 6.24. The highest BCUT2D eigenvalue weighted by atomic mass is 19.1. The Morgan fingerprint density at radius 1 is 0.859 bits per heavy atom. The Hall–Kier alpha value is -6.51. The minimum atomic E-state index is -1.28. The molecular formula is C50H52F2N8O4. The number of nitrogens with zero attached hydrogens (tertiary/aromatic N) is 5. The Morgan fingerprint density at radius 2 is 1.58 bits per heavy atom. The molecule has 9 rings (SSSR count). The topological polar surface area (TPSA) is 147 Å². The van der Waals surface area contributed by atoms with Gasteiger partial charge in [0.1, 0.15) is 23.6 Å². The van der Waals surface area contributed by atoms with Crippen LogP contribution >= 0.6 is 0 Å². The minimum Gasteiger partial charge on any atom is -0.386 e. The summed E-state index contributed by atoms with van der Waals surface area (Å²) >= 11 is 0. The quantitative estimate of drug-likeness (QED) is 0.107. The molecule has 0 unspecified atom stereocenters. The molecule has 2 aromatic heterocycles. The van der Waals surface area contributed by atoms with Crippen LogP contribution in [0.1, 0.15) is 78.9 Å². The van der Waals surface area contributed by atoms with E-state index in [9.17, 15) is 23.9 Å². The molecule has 330 valence electrons. The number of H-pyrrole nitrogens is 1. The highest BCUT2D eigenvalue weighted by molar-refractivity contribution is 6.06. The second kappa shape index (κ2) is 17.6. The summed E-state index contributed by atoms with van der Waals surface area (Å²) < 4.78 is 30.2. The van der Waals surface area contributed by atoms with Crippen LogP contribution in [0.3, 0.4) is 0 Å². The molecule has 0 radical (unpaired) electrons. The molecule has 3 aliphatic rings. The molecule has 0 aliphatic carbocycles. The number of rotatable bonds is 10. The van der Waals surface area contributed by atoms with Gasteiger partial charge in [-0.25, -0.2) is 23.5 Å². The monoisotopic (exact) mass is 866 g/mol. The van der Waals surface area contributed by atoms with E-state index in [1.807, 2.05) is 18.2 Å². The van der Waals surface area contributed by atoms with E-state index < -0.39 is 23.1 Å². The summed E-state index contributed by atoms with van der Waals surface area (Å²) in [5, 5.41) is 16.0. The predicted molar refractivity (Wildman–Crippen MR) is 244 cm³/mol. The molecule has 6 aromatic rings. The van der Waals surface area contributed by atoms with Gasteiger partial charge in [-0.2, -0.15) is 0 Å². The van der Waals surface area contributed by atoms with Crippen molar-refractivity contribution >= 4 is 45.9 Å². The smallest absolute Gasteiger partial charge is 0.328 e.